The van der Waals surface area contributed by atoms with Gasteiger partial charge in [0.05, 0.1) is 27.4 Å². The van der Waals surface area contributed by atoms with Crippen molar-refractivity contribution >= 4 is 40.0 Å². The van der Waals surface area contributed by atoms with Crippen molar-refractivity contribution in [2.24, 2.45) is 0 Å². The molecule has 4 aromatic rings. The van der Waals surface area contributed by atoms with Crippen LogP contribution in [0.1, 0.15) is 10.7 Å². The van der Waals surface area contributed by atoms with Crippen LogP contribution in [0.25, 0.3) is 28.5 Å². The molecule has 2 heterocycles. The van der Waals surface area contributed by atoms with Crippen LogP contribution in [-0.4, -0.2) is 20.9 Å². The third kappa shape index (κ3) is 3.41. The van der Waals surface area contributed by atoms with E-state index >= 15 is 0 Å². The average molecular weight is 360 g/mol. The number of nitrogens with zero attached hydrogens (tertiary/aromatic N) is 2. The SMILES string of the molecule is Cc1nc(/C=C/C(=O)Nc2ccccc2-c2nc3ccccc3[nH]2)cs1. The normalized spacial score (nSPS) is 11.3. The summed E-state index contributed by atoms with van der Waals surface area (Å²) in [6.07, 6.45) is 3.20. The van der Waals surface area contributed by atoms with Crippen molar-refractivity contribution in [3.8, 4) is 11.4 Å². The van der Waals surface area contributed by atoms with E-state index < -0.39 is 0 Å². The molecule has 6 heteroatoms. The highest BCUT2D eigenvalue weighted by atomic mass is 32.1. The maximum absolute atomic E-state index is 12.3. The van der Waals surface area contributed by atoms with Crippen molar-refractivity contribution in [1.29, 1.82) is 0 Å². The zero-order chi connectivity index (χ0) is 17.9. The summed E-state index contributed by atoms with van der Waals surface area (Å²) in [7, 11) is 0. The van der Waals surface area contributed by atoms with Gasteiger partial charge in [-0.3, -0.25) is 4.79 Å². The molecule has 0 aliphatic heterocycles. The molecule has 0 aliphatic carbocycles. The van der Waals surface area contributed by atoms with Gasteiger partial charge in [-0.2, -0.15) is 0 Å². The summed E-state index contributed by atoms with van der Waals surface area (Å²) in [5.41, 5.74) is 4.18. The Labute approximate surface area is 154 Å². The number of rotatable bonds is 4. The number of aromatic nitrogens is 3. The number of hydrogen-bond donors (Lipinski definition) is 2. The van der Waals surface area contributed by atoms with Crippen molar-refractivity contribution in [2.75, 3.05) is 5.32 Å². The quantitative estimate of drug-likeness (QED) is 0.521. The number of amides is 1. The van der Waals surface area contributed by atoms with Crippen molar-refractivity contribution in [3.63, 3.8) is 0 Å². The summed E-state index contributed by atoms with van der Waals surface area (Å²) in [5, 5.41) is 5.81. The van der Waals surface area contributed by atoms with E-state index in [0.717, 1.165) is 33.1 Å². The van der Waals surface area contributed by atoms with Crippen LogP contribution >= 0.6 is 11.3 Å². The van der Waals surface area contributed by atoms with Gasteiger partial charge < -0.3 is 10.3 Å². The number of aromatic amines is 1. The van der Waals surface area contributed by atoms with Crippen LogP contribution in [0.2, 0.25) is 0 Å². The molecule has 128 valence electrons. The first kappa shape index (κ1) is 16.2. The number of hydrogen-bond acceptors (Lipinski definition) is 4. The van der Waals surface area contributed by atoms with Crippen LogP contribution < -0.4 is 5.32 Å². The number of para-hydroxylation sites is 3. The molecule has 0 fully saturated rings. The maximum atomic E-state index is 12.3. The van der Waals surface area contributed by atoms with E-state index in [9.17, 15) is 4.79 Å². The minimum absolute atomic E-state index is 0.209. The second-order valence-corrected chi connectivity index (χ2v) is 6.82. The van der Waals surface area contributed by atoms with E-state index in [1.807, 2.05) is 60.8 Å². The van der Waals surface area contributed by atoms with Crippen molar-refractivity contribution in [1.82, 2.24) is 15.0 Å². The third-order valence-electron chi connectivity index (χ3n) is 3.87. The fourth-order valence-corrected chi connectivity index (χ4v) is 3.25. The number of thiazole rings is 1. The lowest BCUT2D eigenvalue weighted by Gasteiger charge is -2.07. The summed E-state index contributed by atoms with van der Waals surface area (Å²) in [6, 6.07) is 15.4. The van der Waals surface area contributed by atoms with Crippen molar-refractivity contribution < 1.29 is 4.79 Å². The van der Waals surface area contributed by atoms with Crippen molar-refractivity contribution in [3.05, 3.63) is 70.7 Å². The van der Waals surface area contributed by atoms with Gasteiger partial charge in [0.25, 0.3) is 0 Å². The highest BCUT2D eigenvalue weighted by Gasteiger charge is 2.10. The first-order valence-electron chi connectivity index (χ1n) is 8.14. The van der Waals surface area contributed by atoms with E-state index in [4.69, 9.17) is 0 Å². The van der Waals surface area contributed by atoms with Crippen LogP contribution in [-0.2, 0) is 4.79 Å². The molecule has 0 bridgehead atoms. The Morgan fingerprint density at radius 2 is 1.92 bits per heavy atom. The van der Waals surface area contributed by atoms with Gasteiger partial charge in [-0.15, -0.1) is 11.3 Å². The second-order valence-electron chi connectivity index (χ2n) is 5.76. The molecule has 2 aromatic carbocycles. The molecule has 0 aliphatic rings. The molecule has 1 amide bonds. The lowest BCUT2D eigenvalue weighted by Crippen LogP contribution is -2.08. The zero-order valence-corrected chi connectivity index (χ0v) is 14.9. The highest BCUT2D eigenvalue weighted by Crippen LogP contribution is 2.27. The molecule has 2 N–H and O–H groups in total. The Bertz CT molecular complexity index is 1080. The van der Waals surface area contributed by atoms with E-state index in [-0.39, 0.29) is 5.91 Å². The third-order valence-corrected chi connectivity index (χ3v) is 4.66. The Hall–Kier alpha value is -3.25. The smallest absolute Gasteiger partial charge is 0.248 e. The van der Waals surface area contributed by atoms with Gasteiger partial charge in [0.15, 0.2) is 0 Å². The molecule has 26 heavy (non-hydrogen) atoms. The first-order chi connectivity index (χ1) is 12.7. The van der Waals surface area contributed by atoms with E-state index in [0.29, 0.717) is 5.69 Å². The molecule has 0 saturated carbocycles. The van der Waals surface area contributed by atoms with E-state index in [1.54, 1.807) is 17.4 Å². The van der Waals surface area contributed by atoms with Gasteiger partial charge in [-0.05, 0) is 37.3 Å². The molecule has 0 unspecified atom stereocenters. The Morgan fingerprint density at radius 1 is 1.12 bits per heavy atom. The van der Waals surface area contributed by atoms with Gasteiger partial charge in [0.1, 0.15) is 5.82 Å². The zero-order valence-electron chi connectivity index (χ0n) is 14.1. The molecule has 5 nitrogen and oxygen atoms in total. The van der Waals surface area contributed by atoms with Gasteiger partial charge in [0, 0.05) is 17.0 Å². The number of carbonyl (C=O) groups is 1. The van der Waals surface area contributed by atoms with Gasteiger partial charge in [-0.1, -0.05) is 24.3 Å². The Balaban J connectivity index is 1.59. The lowest BCUT2D eigenvalue weighted by molar-refractivity contribution is -0.111. The van der Waals surface area contributed by atoms with Crippen LogP contribution in [0, 0.1) is 6.92 Å². The lowest BCUT2D eigenvalue weighted by atomic mass is 10.1. The fraction of sp³-hybridized carbons (Fsp3) is 0.0500. The van der Waals surface area contributed by atoms with Crippen LogP contribution in [0.4, 0.5) is 5.69 Å². The summed E-state index contributed by atoms with van der Waals surface area (Å²) in [5.74, 6) is 0.514. The largest absolute Gasteiger partial charge is 0.338 e. The van der Waals surface area contributed by atoms with Crippen LogP contribution in [0.5, 0.6) is 0 Å². The molecule has 0 saturated heterocycles. The average Bonchev–Trinajstić information content (AvgIpc) is 3.26. The predicted octanol–water partition coefficient (Wildman–Crippen LogP) is 4.65. The molecule has 4 rings (SSSR count). The van der Waals surface area contributed by atoms with Gasteiger partial charge in [0.2, 0.25) is 5.91 Å². The van der Waals surface area contributed by atoms with E-state index in [1.165, 1.54) is 6.08 Å². The number of carbonyl (C=O) groups excluding carboxylic acids is 1. The number of anilines is 1. The number of nitrogens with one attached hydrogen (secondary N) is 2. The number of benzene rings is 2. The monoisotopic (exact) mass is 360 g/mol. The minimum Gasteiger partial charge on any atom is -0.338 e. The number of aryl methyl sites for hydroxylation is 1. The van der Waals surface area contributed by atoms with Crippen LogP contribution in [0.15, 0.2) is 60.0 Å². The molecule has 0 spiro atoms. The summed E-state index contributed by atoms with van der Waals surface area (Å²) in [6.45, 7) is 1.94. The Kier molecular flexibility index (Phi) is 4.33. The molecule has 0 atom stereocenters. The number of imidazole rings is 1. The fourth-order valence-electron chi connectivity index (χ4n) is 2.67. The predicted molar refractivity (Wildman–Crippen MR) is 106 cm³/mol. The molecular formula is C20H16N4OS. The topological polar surface area (TPSA) is 70.7 Å². The minimum atomic E-state index is -0.209. The van der Waals surface area contributed by atoms with Crippen molar-refractivity contribution in [2.45, 2.75) is 6.92 Å². The maximum Gasteiger partial charge on any atom is 0.248 e. The standard InChI is InChI=1S/C20H16N4OS/c1-13-21-14(12-26-13)10-11-19(25)22-16-7-3-2-6-15(16)20-23-17-8-4-5-9-18(17)24-20/h2-12H,1H3,(H,22,25)(H,23,24)/b11-10+. The summed E-state index contributed by atoms with van der Waals surface area (Å²) < 4.78 is 0. The van der Waals surface area contributed by atoms with Crippen LogP contribution in [0.3, 0.4) is 0 Å². The summed E-state index contributed by atoms with van der Waals surface area (Å²) >= 11 is 1.56. The molecule has 2 aromatic heterocycles. The molecular weight excluding hydrogens is 344 g/mol. The second kappa shape index (κ2) is 6.93. The van der Waals surface area contributed by atoms with Gasteiger partial charge >= 0.3 is 0 Å². The molecule has 0 radical (unpaired) electrons. The first-order valence-corrected chi connectivity index (χ1v) is 9.02. The summed E-state index contributed by atoms with van der Waals surface area (Å²) in [4.78, 5) is 24.5. The Morgan fingerprint density at radius 3 is 2.73 bits per heavy atom. The number of H-pyrrole nitrogens is 1. The van der Waals surface area contributed by atoms with Gasteiger partial charge in [-0.25, -0.2) is 9.97 Å². The van der Waals surface area contributed by atoms with E-state index in [2.05, 4.69) is 20.3 Å². The highest BCUT2D eigenvalue weighted by molar-refractivity contribution is 7.09. The number of fused-ring (bicyclic) bond motifs is 1.